The average molecular weight is 493 g/mol. The first-order chi connectivity index (χ1) is 16.2. The third-order valence-corrected chi connectivity index (χ3v) is 6.97. The molecule has 0 aliphatic rings. The Morgan fingerprint density at radius 2 is 1.44 bits per heavy atom. The van der Waals surface area contributed by atoms with Gasteiger partial charge in [0.25, 0.3) is 17.3 Å². The first-order valence-corrected chi connectivity index (χ1v) is 12.5. The van der Waals surface area contributed by atoms with E-state index in [9.17, 15) is 29.6 Å². The number of nitrogens with zero attached hydrogens (tertiary/aromatic N) is 2. The molecule has 0 heterocycles. The Morgan fingerprint density at radius 1 is 0.941 bits per heavy atom. The highest BCUT2D eigenvalue weighted by Gasteiger charge is 2.39. The van der Waals surface area contributed by atoms with Crippen LogP contribution < -0.4 is 5.32 Å². The fourth-order valence-electron chi connectivity index (χ4n) is 2.98. The Labute approximate surface area is 197 Å². The SMILES string of the molecule is CCCCOP(=O)(OCCCC)C(NC(=O)c1cc([N+](=O)[O-])cc([N+](=O)[O-])c1)c1ccccc1. The molecule has 0 bridgehead atoms. The predicted octanol–water partition coefficient (Wildman–Crippen LogP) is 5.76. The summed E-state index contributed by atoms with van der Waals surface area (Å²) in [6.45, 7) is 4.17. The lowest BCUT2D eigenvalue weighted by Gasteiger charge is -2.28. The van der Waals surface area contributed by atoms with Crippen molar-refractivity contribution >= 4 is 24.9 Å². The van der Waals surface area contributed by atoms with E-state index in [-0.39, 0.29) is 18.8 Å². The lowest BCUT2D eigenvalue weighted by atomic mass is 10.1. The average Bonchev–Trinajstić information content (AvgIpc) is 2.82. The van der Waals surface area contributed by atoms with Crippen molar-refractivity contribution in [3.63, 3.8) is 0 Å². The second-order valence-electron chi connectivity index (χ2n) is 7.45. The lowest BCUT2D eigenvalue weighted by Crippen LogP contribution is -2.30. The molecule has 11 nitrogen and oxygen atoms in total. The quantitative estimate of drug-likeness (QED) is 0.151. The molecule has 0 spiro atoms. The lowest BCUT2D eigenvalue weighted by molar-refractivity contribution is -0.394. The van der Waals surface area contributed by atoms with Crippen LogP contribution in [0.3, 0.4) is 0 Å². The van der Waals surface area contributed by atoms with Gasteiger partial charge in [0.2, 0.25) is 0 Å². The number of carbonyl (C=O) groups is 1. The van der Waals surface area contributed by atoms with E-state index in [1.54, 1.807) is 30.3 Å². The van der Waals surface area contributed by atoms with Crippen LogP contribution in [0.4, 0.5) is 11.4 Å². The molecule has 0 radical (unpaired) electrons. The fraction of sp³-hybridized carbons (Fsp3) is 0.409. The molecule has 1 unspecified atom stereocenters. The molecule has 1 amide bonds. The maximum atomic E-state index is 13.9. The van der Waals surface area contributed by atoms with Crippen LogP contribution in [0, 0.1) is 20.2 Å². The molecule has 0 saturated heterocycles. The smallest absolute Gasteiger partial charge is 0.334 e. The highest BCUT2D eigenvalue weighted by Crippen LogP contribution is 2.60. The summed E-state index contributed by atoms with van der Waals surface area (Å²) in [5.41, 5.74) is -1.11. The van der Waals surface area contributed by atoms with Gasteiger partial charge < -0.3 is 14.4 Å². The van der Waals surface area contributed by atoms with E-state index in [4.69, 9.17) is 9.05 Å². The van der Waals surface area contributed by atoms with Crippen molar-refractivity contribution in [3.05, 3.63) is 79.9 Å². The molecule has 0 saturated carbocycles. The van der Waals surface area contributed by atoms with Crippen LogP contribution in [0.15, 0.2) is 48.5 Å². The van der Waals surface area contributed by atoms with Gasteiger partial charge in [-0.1, -0.05) is 57.0 Å². The highest BCUT2D eigenvalue weighted by molar-refractivity contribution is 7.54. The summed E-state index contributed by atoms with van der Waals surface area (Å²) in [6, 6.07) is 11.0. The summed E-state index contributed by atoms with van der Waals surface area (Å²) in [4.78, 5) is 33.9. The normalized spacial score (nSPS) is 12.2. The minimum Gasteiger partial charge on any atom is -0.334 e. The summed E-state index contributed by atoms with van der Waals surface area (Å²) >= 11 is 0. The molecular formula is C22H28N3O8P. The zero-order valence-corrected chi connectivity index (χ0v) is 19.9. The van der Waals surface area contributed by atoms with Crippen molar-refractivity contribution in [1.82, 2.24) is 5.32 Å². The molecule has 184 valence electrons. The summed E-state index contributed by atoms with van der Waals surface area (Å²) in [5.74, 6) is -2.12. The van der Waals surface area contributed by atoms with Gasteiger partial charge in [-0.05, 0) is 18.4 Å². The molecule has 0 aliphatic heterocycles. The van der Waals surface area contributed by atoms with Gasteiger partial charge in [-0.3, -0.25) is 29.6 Å². The second-order valence-corrected chi connectivity index (χ2v) is 9.56. The Morgan fingerprint density at radius 3 is 1.88 bits per heavy atom. The van der Waals surface area contributed by atoms with E-state index in [0.717, 1.165) is 31.0 Å². The molecule has 0 aliphatic carbocycles. The van der Waals surface area contributed by atoms with Gasteiger partial charge in [-0.15, -0.1) is 0 Å². The number of carbonyl (C=O) groups excluding carboxylic acids is 1. The number of unbranched alkanes of at least 4 members (excludes halogenated alkanes) is 2. The third kappa shape index (κ3) is 7.44. The number of nitro groups is 2. The largest absolute Gasteiger partial charge is 0.357 e. The number of hydrogen-bond acceptors (Lipinski definition) is 8. The highest BCUT2D eigenvalue weighted by atomic mass is 31.2. The second kappa shape index (κ2) is 12.9. The molecule has 0 aromatic heterocycles. The summed E-state index contributed by atoms with van der Waals surface area (Å²) in [6.07, 6.45) is 2.81. The van der Waals surface area contributed by atoms with Crippen molar-refractivity contribution in [3.8, 4) is 0 Å². The van der Waals surface area contributed by atoms with Gasteiger partial charge in [0.1, 0.15) is 0 Å². The number of rotatable bonds is 14. The standard InChI is InChI=1S/C22H28N3O8P/c1-3-5-12-32-34(31,33-13-6-4-2)22(17-10-8-7-9-11-17)23-21(26)18-14-19(24(27)28)16-20(15-18)25(29)30/h7-11,14-16,22H,3-6,12-13H2,1-2H3,(H,23,26). The predicted molar refractivity (Wildman–Crippen MR) is 126 cm³/mol. The monoisotopic (exact) mass is 493 g/mol. The van der Waals surface area contributed by atoms with Crippen LogP contribution in [0.1, 0.15) is 61.2 Å². The van der Waals surface area contributed by atoms with Gasteiger partial charge in [-0.2, -0.15) is 0 Å². The van der Waals surface area contributed by atoms with Gasteiger partial charge in [0.15, 0.2) is 5.78 Å². The summed E-state index contributed by atoms with van der Waals surface area (Å²) < 4.78 is 25.3. The van der Waals surface area contributed by atoms with Gasteiger partial charge in [0, 0.05) is 12.1 Å². The van der Waals surface area contributed by atoms with Crippen molar-refractivity contribution in [2.45, 2.75) is 45.3 Å². The molecular weight excluding hydrogens is 465 g/mol. The number of nitrogens with one attached hydrogen (secondary N) is 1. The van der Waals surface area contributed by atoms with E-state index >= 15 is 0 Å². The third-order valence-electron chi connectivity index (χ3n) is 4.82. The van der Waals surface area contributed by atoms with Crippen LogP contribution in [0.25, 0.3) is 0 Å². The Bertz CT molecular complexity index is 1000. The molecule has 0 fully saturated rings. The van der Waals surface area contributed by atoms with E-state index in [2.05, 4.69) is 5.32 Å². The minimum atomic E-state index is -3.95. The van der Waals surface area contributed by atoms with E-state index < -0.39 is 40.5 Å². The van der Waals surface area contributed by atoms with Gasteiger partial charge in [-0.25, -0.2) is 0 Å². The van der Waals surface area contributed by atoms with E-state index in [0.29, 0.717) is 18.4 Å². The Balaban J connectivity index is 2.48. The number of amides is 1. The summed E-state index contributed by atoms with van der Waals surface area (Å²) in [5, 5.41) is 25.0. The molecule has 1 N–H and O–H groups in total. The first kappa shape index (κ1) is 27.1. The molecule has 12 heteroatoms. The first-order valence-electron chi connectivity index (χ1n) is 10.9. The molecule has 1 atom stereocenters. The number of hydrogen-bond donors (Lipinski definition) is 1. The number of non-ortho nitro benzene ring substituents is 2. The van der Waals surface area contributed by atoms with Crippen molar-refractivity contribution in [2.24, 2.45) is 0 Å². The van der Waals surface area contributed by atoms with Gasteiger partial charge >= 0.3 is 7.60 Å². The Hall–Kier alpha value is -3.14. The maximum absolute atomic E-state index is 13.9. The van der Waals surface area contributed by atoms with Crippen LogP contribution in [-0.4, -0.2) is 29.0 Å². The van der Waals surface area contributed by atoms with Crippen LogP contribution in [-0.2, 0) is 13.6 Å². The van der Waals surface area contributed by atoms with Crippen molar-refractivity contribution in [1.29, 1.82) is 0 Å². The summed E-state index contributed by atoms with van der Waals surface area (Å²) in [7, 11) is -3.95. The van der Waals surface area contributed by atoms with Crippen LogP contribution in [0.2, 0.25) is 0 Å². The van der Waals surface area contributed by atoms with E-state index in [1.165, 1.54) is 0 Å². The zero-order chi connectivity index (χ0) is 25.1. The molecule has 2 aromatic carbocycles. The molecule has 34 heavy (non-hydrogen) atoms. The zero-order valence-electron chi connectivity index (χ0n) is 19.0. The molecule has 2 aromatic rings. The minimum absolute atomic E-state index is 0.140. The van der Waals surface area contributed by atoms with E-state index in [1.807, 2.05) is 13.8 Å². The number of nitro benzene ring substituents is 2. The maximum Gasteiger partial charge on any atom is 0.357 e. The number of benzene rings is 2. The van der Waals surface area contributed by atoms with Crippen LogP contribution >= 0.6 is 7.60 Å². The Kier molecular flexibility index (Phi) is 10.3. The van der Waals surface area contributed by atoms with Crippen molar-refractivity contribution < 1.29 is 28.3 Å². The van der Waals surface area contributed by atoms with Crippen molar-refractivity contribution in [2.75, 3.05) is 13.2 Å². The molecule has 2 rings (SSSR count). The van der Waals surface area contributed by atoms with Crippen LogP contribution in [0.5, 0.6) is 0 Å². The van der Waals surface area contributed by atoms with Gasteiger partial charge in [0.05, 0.1) is 34.7 Å². The topological polar surface area (TPSA) is 151 Å². The fourth-order valence-corrected chi connectivity index (χ4v) is 4.94.